The SMILES string of the molecule is Cc1cccc(N2CCN(C(=O)CNC3=C(CC(=O)N4CCC5(CC4)COC(CO)C5)C4C(C)C4C3)CC2)c1C. The van der Waals surface area contributed by atoms with Gasteiger partial charge in [0.25, 0.3) is 0 Å². The highest BCUT2D eigenvalue weighted by Gasteiger charge is 2.54. The van der Waals surface area contributed by atoms with Crippen molar-refractivity contribution in [2.45, 2.75) is 59.0 Å². The predicted octanol–water partition coefficient (Wildman–Crippen LogP) is 2.86. The fraction of sp³-hybridized carbons (Fsp3) is 0.688. The first-order valence-corrected chi connectivity index (χ1v) is 15.3. The Morgan fingerprint density at radius 1 is 1.05 bits per heavy atom. The molecule has 4 unspecified atom stereocenters. The molecule has 2 amide bonds. The average molecular weight is 551 g/mol. The molecule has 3 saturated heterocycles. The summed E-state index contributed by atoms with van der Waals surface area (Å²) in [6, 6.07) is 6.44. The van der Waals surface area contributed by atoms with Gasteiger partial charge in [0.2, 0.25) is 11.8 Å². The van der Waals surface area contributed by atoms with Gasteiger partial charge >= 0.3 is 0 Å². The maximum atomic E-state index is 13.4. The Morgan fingerprint density at radius 3 is 2.48 bits per heavy atom. The molecule has 2 N–H and O–H groups in total. The lowest BCUT2D eigenvalue weighted by molar-refractivity contribution is -0.133. The number of hydrogen-bond donors (Lipinski definition) is 2. The van der Waals surface area contributed by atoms with E-state index in [9.17, 15) is 14.7 Å². The van der Waals surface area contributed by atoms with Gasteiger partial charge in [-0.2, -0.15) is 0 Å². The number of fused-ring (bicyclic) bond motifs is 1. The molecule has 218 valence electrons. The minimum absolute atomic E-state index is 0.0447. The van der Waals surface area contributed by atoms with Crippen molar-refractivity contribution in [3.8, 4) is 0 Å². The zero-order valence-corrected chi connectivity index (χ0v) is 24.5. The summed E-state index contributed by atoms with van der Waals surface area (Å²) in [6.07, 6.45) is 4.20. The fourth-order valence-electron chi connectivity index (χ4n) is 7.85. The summed E-state index contributed by atoms with van der Waals surface area (Å²) in [4.78, 5) is 32.9. The van der Waals surface area contributed by atoms with E-state index >= 15 is 0 Å². The number of anilines is 1. The lowest BCUT2D eigenvalue weighted by Gasteiger charge is -2.38. The Hall–Kier alpha value is -2.58. The van der Waals surface area contributed by atoms with Crippen LogP contribution >= 0.6 is 0 Å². The highest BCUT2D eigenvalue weighted by molar-refractivity contribution is 5.80. The van der Waals surface area contributed by atoms with Crippen LogP contribution in [0.2, 0.25) is 0 Å². The normalized spacial score (nSPS) is 29.2. The molecule has 0 aromatic heterocycles. The summed E-state index contributed by atoms with van der Waals surface area (Å²) in [5, 5.41) is 12.9. The molecule has 2 aliphatic carbocycles. The second-order valence-electron chi connectivity index (χ2n) is 13.1. The number of carbonyl (C=O) groups excluding carboxylic acids is 2. The Morgan fingerprint density at radius 2 is 1.77 bits per heavy atom. The van der Waals surface area contributed by atoms with Crippen molar-refractivity contribution < 1.29 is 19.4 Å². The van der Waals surface area contributed by atoms with Crippen LogP contribution < -0.4 is 10.2 Å². The summed E-state index contributed by atoms with van der Waals surface area (Å²) in [5.74, 6) is 2.12. The van der Waals surface area contributed by atoms with E-state index in [-0.39, 0.29) is 29.9 Å². The number of aliphatic hydroxyl groups excluding tert-OH is 1. The summed E-state index contributed by atoms with van der Waals surface area (Å²) in [5.41, 5.74) is 6.42. The quantitative estimate of drug-likeness (QED) is 0.543. The van der Waals surface area contributed by atoms with Gasteiger partial charge < -0.3 is 29.9 Å². The molecule has 4 atom stereocenters. The van der Waals surface area contributed by atoms with Crippen molar-refractivity contribution in [2.75, 3.05) is 63.9 Å². The second kappa shape index (κ2) is 11.0. The molecule has 6 rings (SSSR count). The number of rotatable bonds is 7. The zero-order chi connectivity index (χ0) is 28.0. The molecule has 40 heavy (non-hydrogen) atoms. The summed E-state index contributed by atoms with van der Waals surface area (Å²) < 4.78 is 5.77. The topological polar surface area (TPSA) is 85.4 Å². The standard InChI is InChI=1S/C32H46N4O4/c1-21-5-4-6-28(22(21)2)34-11-13-36(14-12-34)30(39)18-33-27-15-25-23(3)31(25)26(27)16-29(38)35-9-7-32(8-10-35)17-24(19-37)40-20-32/h4-6,23-25,31,33,37H,7-20H2,1-3H3. The molecular formula is C32H46N4O4. The molecule has 4 fully saturated rings. The first-order chi connectivity index (χ1) is 19.3. The number of hydrogen-bond acceptors (Lipinski definition) is 6. The van der Waals surface area contributed by atoms with Gasteiger partial charge in [-0.15, -0.1) is 0 Å². The number of allylic oxidation sites excluding steroid dienone is 1. The van der Waals surface area contributed by atoms with Crippen LogP contribution in [0.5, 0.6) is 0 Å². The number of nitrogens with one attached hydrogen (secondary N) is 1. The first-order valence-electron chi connectivity index (χ1n) is 15.3. The molecule has 0 radical (unpaired) electrons. The first kappa shape index (κ1) is 27.6. The smallest absolute Gasteiger partial charge is 0.241 e. The van der Waals surface area contributed by atoms with Gasteiger partial charge in [0, 0.05) is 50.7 Å². The highest BCUT2D eigenvalue weighted by atomic mass is 16.5. The Labute approximate surface area is 238 Å². The maximum Gasteiger partial charge on any atom is 0.241 e. The third-order valence-electron chi connectivity index (χ3n) is 10.8. The minimum atomic E-state index is -0.0447. The third-order valence-corrected chi connectivity index (χ3v) is 10.8. The predicted molar refractivity (Wildman–Crippen MR) is 155 cm³/mol. The van der Waals surface area contributed by atoms with E-state index in [1.54, 1.807) is 0 Å². The van der Waals surface area contributed by atoms with Gasteiger partial charge in [-0.1, -0.05) is 19.1 Å². The molecule has 3 aliphatic heterocycles. The van der Waals surface area contributed by atoms with Crippen LogP contribution in [0.1, 0.15) is 50.2 Å². The monoisotopic (exact) mass is 550 g/mol. The van der Waals surface area contributed by atoms with E-state index in [1.807, 2.05) is 9.80 Å². The Balaban J connectivity index is 1.01. The molecule has 3 heterocycles. The van der Waals surface area contributed by atoms with Gasteiger partial charge in [0.15, 0.2) is 0 Å². The van der Waals surface area contributed by atoms with Gasteiger partial charge in [-0.25, -0.2) is 0 Å². The van der Waals surface area contributed by atoms with Crippen LogP contribution in [-0.2, 0) is 14.3 Å². The van der Waals surface area contributed by atoms with E-state index in [1.165, 1.54) is 22.4 Å². The molecule has 1 aromatic rings. The largest absolute Gasteiger partial charge is 0.394 e. The van der Waals surface area contributed by atoms with Crippen molar-refractivity contribution >= 4 is 17.5 Å². The lowest BCUT2D eigenvalue weighted by Crippen LogP contribution is -2.51. The van der Waals surface area contributed by atoms with Crippen LogP contribution in [0.25, 0.3) is 0 Å². The van der Waals surface area contributed by atoms with Crippen LogP contribution in [0.4, 0.5) is 5.69 Å². The van der Waals surface area contributed by atoms with Crippen molar-refractivity contribution in [2.24, 2.45) is 23.2 Å². The maximum absolute atomic E-state index is 13.4. The molecule has 1 aromatic carbocycles. The number of piperidine rings is 1. The third kappa shape index (κ3) is 5.25. The number of benzene rings is 1. The number of nitrogens with zero attached hydrogens (tertiary/aromatic N) is 3. The van der Waals surface area contributed by atoms with Gasteiger partial charge in [-0.05, 0) is 85.5 Å². The number of aliphatic hydroxyl groups is 1. The van der Waals surface area contributed by atoms with E-state index < -0.39 is 0 Å². The molecule has 8 heteroatoms. The summed E-state index contributed by atoms with van der Waals surface area (Å²) in [7, 11) is 0. The fourth-order valence-corrected chi connectivity index (χ4v) is 7.85. The second-order valence-corrected chi connectivity index (χ2v) is 13.1. The Kier molecular flexibility index (Phi) is 7.59. The molecular weight excluding hydrogens is 504 g/mol. The van der Waals surface area contributed by atoms with Crippen LogP contribution in [-0.4, -0.2) is 91.9 Å². The lowest BCUT2D eigenvalue weighted by atomic mass is 9.76. The zero-order valence-electron chi connectivity index (χ0n) is 24.5. The van der Waals surface area contributed by atoms with E-state index in [0.717, 1.165) is 70.6 Å². The van der Waals surface area contributed by atoms with Gasteiger partial charge in [0.1, 0.15) is 0 Å². The van der Waals surface area contributed by atoms with Crippen molar-refractivity contribution in [3.63, 3.8) is 0 Å². The Bertz CT molecular complexity index is 1170. The summed E-state index contributed by atoms with van der Waals surface area (Å²) >= 11 is 0. The number of ether oxygens (including phenoxy) is 1. The summed E-state index contributed by atoms with van der Waals surface area (Å²) in [6.45, 7) is 12.4. The van der Waals surface area contributed by atoms with Crippen LogP contribution in [0.3, 0.4) is 0 Å². The number of aryl methyl sites for hydroxylation is 1. The number of carbonyl (C=O) groups is 2. The van der Waals surface area contributed by atoms with Gasteiger partial charge in [-0.3, -0.25) is 9.59 Å². The number of piperazine rings is 1. The number of amides is 2. The van der Waals surface area contributed by atoms with Crippen LogP contribution in [0, 0.1) is 37.0 Å². The molecule has 1 spiro atoms. The van der Waals surface area contributed by atoms with E-state index in [2.05, 4.69) is 49.2 Å². The average Bonchev–Trinajstić information content (AvgIpc) is 3.25. The molecule has 0 bridgehead atoms. The van der Waals surface area contributed by atoms with Crippen molar-refractivity contribution in [3.05, 3.63) is 40.6 Å². The van der Waals surface area contributed by atoms with Gasteiger partial charge in [0.05, 0.1) is 32.3 Å². The molecule has 1 saturated carbocycles. The van der Waals surface area contributed by atoms with E-state index in [4.69, 9.17) is 4.74 Å². The van der Waals surface area contributed by atoms with Crippen molar-refractivity contribution in [1.82, 2.24) is 15.1 Å². The highest BCUT2D eigenvalue weighted by Crippen LogP contribution is 2.60. The molecule has 8 nitrogen and oxygen atoms in total. The van der Waals surface area contributed by atoms with E-state index in [0.29, 0.717) is 37.3 Å². The van der Waals surface area contributed by atoms with Crippen molar-refractivity contribution in [1.29, 1.82) is 0 Å². The van der Waals surface area contributed by atoms with Crippen LogP contribution in [0.15, 0.2) is 29.5 Å². The number of likely N-dealkylation sites (tertiary alicyclic amines) is 1. The molecule has 5 aliphatic rings. The minimum Gasteiger partial charge on any atom is -0.394 e.